The molecule has 5 nitrogen and oxygen atoms in total. The maximum Gasteiger partial charge on any atom is 0.234 e. The number of nitrogens with two attached hydrogens (primary N) is 1. The average molecular weight is 325 g/mol. The number of H-pyrrole nitrogens is 1. The minimum Gasteiger partial charge on any atom is -0.381 e. The van der Waals surface area contributed by atoms with Crippen LogP contribution in [0.15, 0.2) is 27.6 Å². The van der Waals surface area contributed by atoms with E-state index in [4.69, 9.17) is 5.73 Å². The highest BCUT2D eigenvalue weighted by Crippen LogP contribution is 2.37. The second-order valence-corrected chi connectivity index (χ2v) is 5.66. The van der Waals surface area contributed by atoms with Crippen molar-refractivity contribution in [1.29, 1.82) is 0 Å². The van der Waals surface area contributed by atoms with Gasteiger partial charge in [0.2, 0.25) is 5.91 Å². The van der Waals surface area contributed by atoms with Gasteiger partial charge >= 0.3 is 0 Å². The summed E-state index contributed by atoms with van der Waals surface area (Å²) in [5.74, 6) is 0.904. The number of thioether (sulfide) groups is 1. The number of hydrogen-bond acceptors (Lipinski definition) is 4. The first-order valence-corrected chi connectivity index (χ1v) is 6.99. The summed E-state index contributed by atoms with van der Waals surface area (Å²) in [4.78, 5) is 12.4. The predicted octanol–water partition coefficient (Wildman–Crippen LogP) is 2.47. The molecule has 0 spiro atoms. The van der Waals surface area contributed by atoms with Crippen LogP contribution in [0.5, 0.6) is 0 Å². The van der Waals surface area contributed by atoms with E-state index in [-0.39, 0.29) is 5.91 Å². The molecule has 0 bridgehead atoms. The third kappa shape index (κ3) is 1.89. The molecule has 1 amide bonds. The van der Waals surface area contributed by atoms with Crippen molar-refractivity contribution in [2.45, 2.75) is 4.90 Å². The highest BCUT2D eigenvalue weighted by atomic mass is 79.9. The van der Waals surface area contributed by atoms with E-state index in [1.807, 2.05) is 18.2 Å². The maximum atomic E-state index is 11.4. The number of benzene rings is 1. The first kappa shape index (κ1) is 11.6. The van der Waals surface area contributed by atoms with E-state index in [0.717, 1.165) is 26.3 Å². The van der Waals surface area contributed by atoms with Gasteiger partial charge < -0.3 is 11.1 Å². The van der Waals surface area contributed by atoms with Gasteiger partial charge in [0.05, 0.1) is 21.6 Å². The Kier molecular flexibility index (Phi) is 2.79. The molecule has 4 N–H and O–H groups in total. The summed E-state index contributed by atoms with van der Waals surface area (Å²) in [5.41, 5.74) is 8.23. The molecule has 1 aliphatic rings. The molecule has 1 aliphatic heterocycles. The number of carbonyl (C=O) groups is 1. The second kappa shape index (κ2) is 4.33. The minimum absolute atomic E-state index is 0.0211. The van der Waals surface area contributed by atoms with Gasteiger partial charge in [-0.3, -0.25) is 9.89 Å². The number of carbonyl (C=O) groups excluding carboxylic acids is 1. The number of nitrogens with one attached hydrogen (secondary N) is 2. The fourth-order valence-electron chi connectivity index (χ4n) is 1.77. The van der Waals surface area contributed by atoms with Gasteiger partial charge in [-0.2, -0.15) is 5.10 Å². The molecule has 0 saturated carbocycles. The zero-order chi connectivity index (χ0) is 12.7. The summed E-state index contributed by atoms with van der Waals surface area (Å²) in [5, 5.41) is 9.66. The van der Waals surface area contributed by atoms with Crippen LogP contribution in [0.3, 0.4) is 0 Å². The van der Waals surface area contributed by atoms with Gasteiger partial charge in [-0.15, -0.1) is 11.8 Å². The van der Waals surface area contributed by atoms with Gasteiger partial charge in [0.15, 0.2) is 5.82 Å². The Morgan fingerprint density at radius 1 is 1.44 bits per heavy atom. The van der Waals surface area contributed by atoms with Gasteiger partial charge in [-0.1, -0.05) is 6.07 Å². The molecule has 2 heterocycles. The Bertz CT molecular complexity index is 640. The number of anilines is 2. The van der Waals surface area contributed by atoms with Gasteiger partial charge in [-0.25, -0.2) is 0 Å². The molecule has 1 aromatic heterocycles. The van der Waals surface area contributed by atoms with Crippen LogP contribution in [-0.4, -0.2) is 21.9 Å². The standard InChI is InChI=1S/C11H9BrN4OS/c12-9-10(15-16-11(9)13)5-1-2-7-6(3-5)14-8(17)4-18-7/h1-3H,4H2,(H,14,17)(H3,13,15,16). The topological polar surface area (TPSA) is 83.8 Å². The SMILES string of the molecule is Nc1n[nH]c(-c2ccc3c(c2)NC(=O)CS3)c1Br. The van der Waals surface area contributed by atoms with Crippen LogP contribution in [0.25, 0.3) is 11.3 Å². The van der Waals surface area contributed by atoms with Crippen LogP contribution >= 0.6 is 27.7 Å². The van der Waals surface area contributed by atoms with Gasteiger partial charge in [-0.05, 0) is 28.1 Å². The van der Waals surface area contributed by atoms with Crippen molar-refractivity contribution >= 4 is 45.1 Å². The summed E-state index contributed by atoms with van der Waals surface area (Å²) in [7, 11) is 0. The van der Waals surface area contributed by atoms with Crippen molar-refractivity contribution in [3.8, 4) is 11.3 Å². The Morgan fingerprint density at radius 3 is 3.00 bits per heavy atom. The molecule has 0 aliphatic carbocycles. The van der Waals surface area contributed by atoms with Crippen LogP contribution in [0, 0.1) is 0 Å². The number of halogens is 1. The monoisotopic (exact) mass is 324 g/mol. The second-order valence-electron chi connectivity index (χ2n) is 3.85. The number of nitrogens with zero attached hydrogens (tertiary/aromatic N) is 1. The molecular weight excluding hydrogens is 316 g/mol. The molecular formula is C11H9BrN4OS. The van der Waals surface area contributed by atoms with Crippen LogP contribution in [0.2, 0.25) is 0 Å². The quantitative estimate of drug-likeness (QED) is 0.752. The number of hydrogen-bond donors (Lipinski definition) is 3. The number of fused-ring (bicyclic) bond motifs is 1. The molecule has 2 aromatic rings. The highest BCUT2D eigenvalue weighted by molar-refractivity contribution is 9.10. The van der Waals surface area contributed by atoms with E-state index in [0.29, 0.717) is 11.6 Å². The summed E-state index contributed by atoms with van der Waals surface area (Å²) < 4.78 is 0.734. The number of amides is 1. The summed E-state index contributed by atoms with van der Waals surface area (Å²) in [6, 6.07) is 5.87. The molecule has 0 radical (unpaired) electrons. The molecule has 0 fully saturated rings. The fourth-order valence-corrected chi connectivity index (χ4v) is 2.97. The maximum absolute atomic E-state index is 11.4. The van der Waals surface area contributed by atoms with Crippen LogP contribution in [0.1, 0.15) is 0 Å². The van der Waals surface area contributed by atoms with Crippen molar-refractivity contribution in [2.75, 3.05) is 16.8 Å². The number of aromatic amines is 1. The molecule has 3 rings (SSSR count). The molecule has 0 unspecified atom stereocenters. The summed E-state index contributed by atoms with van der Waals surface area (Å²) in [6.45, 7) is 0. The van der Waals surface area contributed by atoms with E-state index >= 15 is 0 Å². The van der Waals surface area contributed by atoms with Gasteiger partial charge in [0.1, 0.15) is 0 Å². The van der Waals surface area contributed by atoms with E-state index < -0.39 is 0 Å². The van der Waals surface area contributed by atoms with Crippen LogP contribution in [0.4, 0.5) is 11.5 Å². The lowest BCUT2D eigenvalue weighted by atomic mass is 10.1. The molecule has 0 atom stereocenters. The van der Waals surface area contributed by atoms with Crippen molar-refractivity contribution in [1.82, 2.24) is 10.2 Å². The first-order valence-electron chi connectivity index (χ1n) is 5.21. The number of rotatable bonds is 1. The largest absolute Gasteiger partial charge is 0.381 e. The van der Waals surface area contributed by atoms with E-state index in [1.165, 1.54) is 11.8 Å². The molecule has 7 heteroatoms. The van der Waals surface area contributed by atoms with E-state index in [2.05, 4.69) is 31.4 Å². The number of nitrogen functional groups attached to an aromatic ring is 1. The summed E-state index contributed by atoms with van der Waals surface area (Å²) in [6.07, 6.45) is 0. The van der Waals surface area contributed by atoms with Gasteiger partial charge in [0.25, 0.3) is 0 Å². The van der Waals surface area contributed by atoms with E-state index in [9.17, 15) is 4.79 Å². The lowest BCUT2D eigenvalue weighted by molar-refractivity contribution is -0.113. The predicted molar refractivity (Wildman–Crippen MR) is 75.5 cm³/mol. The first-order chi connectivity index (χ1) is 8.65. The Morgan fingerprint density at radius 2 is 2.28 bits per heavy atom. The van der Waals surface area contributed by atoms with Crippen molar-refractivity contribution in [3.05, 3.63) is 22.7 Å². The van der Waals surface area contributed by atoms with Crippen LogP contribution < -0.4 is 11.1 Å². The van der Waals surface area contributed by atoms with Crippen molar-refractivity contribution in [2.24, 2.45) is 0 Å². The Hall–Kier alpha value is -1.47. The lowest BCUT2D eigenvalue weighted by Gasteiger charge is -2.16. The third-order valence-electron chi connectivity index (χ3n) is 2.63. The third-order valence-corrected chi connectivity index (χ3v) is 4.51. The highest BCUT2D eigenvalue weighted by Gasteiger charge is 2.17. The minimum atomic E-state index is 0.0211. The fraction of sp³-hybridized carbons (Fsp3) is 0.0909. The zero-order valence-electron chi connectivity index (χ0n) is 9.16. The van der Waals surface area contributed by atoms with Crippen molar-refractivity contribution < 1.29 is 4.79 Å². The normalized spacial score (nSPS) is 14.2. The van der Waals surface area contributed by atoms with E-state index in [1.54, 1.807) is 0 Å². The Labute approximate surface area is 116 Å². The summed E-state index contributed by atoms with van der Waals surface area (Å²) >= 11 is 4.92. The van der Waals surface area contributed by atoms with Crippen LogP contribution in [-0.2, 0) is 4.79 Å². The average Bonchev–Trinajstić information content (AvgIpc) is 2.69. The number of aromatic nitrogens is 2. The smallest absolute Gasteiger partial charge is 0.234 e. The molecule has 1 aromatic carbocycles. The molecule has 18 heavy (non-hydrogen) atoms. The Balaban J connectivity index is 2.07. The zero-order valence-corrected chi connectivity index (χ0v) is 11.6. The lowest BCUT2D eigenvalue weighted by Crippen LogP contribution is -2.18. The molecule has 92 valence electrons. The molecule has 0 saturated heterocycles. The van der Waals surface area contributed by atoms with Gasteiger partial charge in [0, 0.05) is 10.5 Å². The van der Waals surface area contributed by atoms with Crippen molar-refractivity contribution in [3.63, 3.8) is 0 Å².